The molecule has 0 amide bonds. The fourth-order valence-electron chi connectivity index (χ4n) is 2.17. The van der Waals surface area contributed by atoms with Crippen LogP contribution >= 0.6 is 11.3 Å². The van der Waals surface area contributed by atoms with E-state index in [0.29, 0.717) is 11.8 Å². The van der Waals surface area contributed by atoms with E-state index in [0.717, 1.165) is 30.0 Å². The molecule has 114 valence electrons. The van der Waals surface area contributed by atoms with Crippen molar-refractivity contribution in [3.63, 3.8) is 0 Å². The molecule has 4 nitrogen and oxygen atoms in total. The average Bonchev–Trinajstić information content (AvgIpc) is 2.81. The lowest BCUT2D eigenvalue weighted by Crippen LogP contribution is -2.07. The molecule has 1 N–H and O–H groups in total. The molecular weight excluding hydrogens is 282 g/mol. The second-order valence-corrected chi connectivity index (χ2v) is 6.66. The van der Waals surface area contributed by atoms with Crippen molar-refractivity contribution in [2.24, 2.45) is 5.92 Å². The van der Waals surface area contributed by atoms with Crippen LogP contribution in [0.3, 0.4) is 0 Å². The monoisotopic (exact) mass is 305 g/mol. The molecule has 0 aromatic carbocycles. The summed E-state index contributed by atoms with van der Waals surface area (Å²) in [5.41, 5.74) is 2.40. The van der Waals surface area contributed by atoms with Gasteiger partial charge >= 0.3 is 0 Å². The van der Waals surface area contributed by atoms with Gasteiger partial charge in [-0.25, -0.2) is 9.97 Å². The quantitative estimate of drug-likeness (QED) is 0.854. The molecule has 0 unspecified atom stereocenters. The second kappa shape index (κ2) is 7.52. The van der Waals surface area contributed by atoms with Crippen molar-refractivity contribution >= 4 is 11.3 Å². The molecule has 0 saturated carbocycles. The van der Waals surface area contributed by atoms with Gasteiger partial charge in [0.25, 0.3) is 0 Å². The predicted molar refractivity (Wildman–Crippen MR) is 87.0 cm³/mol. The van der Waals surface area contributed by atoms with Gasteiger partial charge in [0, 0.05) is 30.1 Å². The summed E-state index contributed by atoms with van der Waals surface area (Å²) in [5, 5.41) is 4.39. The Morgan fingerprint density at radius 2 is 2.14 bits per heavy atom. The number of nitrogens with one attached hydrogen (secondary N) is 1. The van der Waals surface area contributed by atoms with Crippen LogP contribution in [0.4, 0.5) is 0 Å². The molecule has 2 rings (SSSR count). The van der Waals surface area contributed by atoms with E-state index in [1.54, 1.807) is 18.4 Å². The first kappa shape index (κ1) is 15.9. The van der Waals surface area contributed by atoms with Crippen molar-refractivity contribution in [1.29, 1.82) is 0 Å². The van der Waals surface area contributed by atoms with Crippen molar-refractivity contribution in [3.8, 4) is 5.88 Å². The maximum absolute atomic E-state index is 5.09. The topological polar surface area (TPSA) is 47.0 Å². The number of thiazole rings is 1. The first-order chi connectivity index (χ1) is 10.1. The van der Waals surface area contributed by atoms with Gasteiger partial charge in [-0.05, 0) is 24.9 Å². The van der Waals surface area contributed by atoms with Gasteiger partial charge in [-0.1, -0.05) is 19.9 Å². The number of methoxy groups -OCH3 is 1. The Hall–Kier alpha value is -1.46. The molecule has 0 aliphatic heterocycles. The molecule has 2 heterocycles. The third kappa shape index (κ3) is 4.51. The Bertz CT molecular complexity index is 563. The van der Waals surface area contributed by atoms with Crippen molar-refractivity contribution in [2.45, 2.75) is 33.2 Å². The van der Waals surface area contributed by atoms with Crippen molar-refractivity contribution in [2.75, 3.05) is 14.2 Å². The number of nitrogens with zero attached hydrogens (tertiary/aromatic N) is 2. The van der Waals surface area contributed by atoms with Crippen LogP contribution in [0.5, 0.6) is 5.88 Å². The predicted octanol–water partition coefficient (Wildman–Crippen LogP) is 3.06. The zero-order chi connectivity index (χ0) is 15.2. The molecule has 21 heavy (non-hydrogen) atoms. The van der Waals surface area contributed by atoms with Crippen LogP contribution in [0.25, 0.3) is 0 Å². The van der Waals surface area contributed by atoms with Gasteiger partial charge in [0.2, 0.25) is 5.88 Å². The van der Waals surface area contributed by atoms with E-state index in [9.17, 15) is 0 Å². The summed E-state index contributed by atoms with van der Waals surface area (Å²) >= 11 is 1.80. The fraction of sp³-hybridized carbons (Fsp3) is 0.500. The van der Waals surface area contributed by atoms with E-state index in [1.807, 2.05) is 25.4 Å². The van der Waals surface area contributed by atoms with Crippen LogP contribution in [-0.2, 0) is 19.4 Å². The molecule has 2 aromatic heterocycles. The zero-order valence-corrected chi connectivity index (χ0v) is 14.0. The largest absolute Gasteiger partial charge is 0.481 e. The molecular formula is C16H23N3OS. The summed E-state index contributed by atoms with van der Waals surface area (Å²) in [6.07, 6.45) is 3.73. The summed E-state index contributed by atoms with van der Waals surface area (Å²) in [6.45, 7) is 5.35. The Morgan fingerprint density at radius 1 is 1.33 bits per heavy atom. The minimum atomic E-state index is 0.623. The summed E-state index contributed by atoms with van der Waals surface area (Å²) in [7, 11) is 3.61. The molecule has 0 bridgehead atoms. The molecule has 0 atom stereocenters. The second-order valence-electron chi connectivity index (χ2n) is 5.49. The Labute approximate surface area is 130 Å². The van der Waals surface area contributed by atoms with E-state index in [1.165, 1.54) is 10.6 Å². The van der Waals surface area contributed by atoms with Crippen molar-refractivity contribution < 1.29 is 4.74 Å². The maximum Gasteiger partial charge on any atom is 0.212 e. The van der Waals surface area contributed by atoms with Crippen LogP contribution in [0, 0.1) is 5.92 Å². The number of hydrogen-bond acceptors (Lipinski definition) is 5. The SMILES string of the molecule is CNCc1sc(Cc2ccc(OC)nc2)nc1CC(C)C. The Balaban J connectivity index is 2.14. The van der Waals surface area contributed by atoms with Gasteiger partial charge in [-0.3, -0.25) is 0 Å². The smallest absolute Gasteiger partial charge is 0.212 e. The van der Waals surface area contributed by atoms with Gasteiger partial charge in [0.1, 0.15) is 0 Å². The van der Waals surface area contributed by atoms with Gasteiger partial charge in [-0.15, -0.1) is 11.3 Å². The Morgan fingerprint density at radius 3 is 2.71 bits per heavy atom. The third-order valence-electron chi connectivity index (χ3n) is 3.12. The highest BCUT2D eigenvalue weighted by Gasteiger charge is 2.12. The lowest BCUT2D eigenvalue weighted by Gasteiger charge is -2.03. The molecule has 5 heteroatoms. The molecule has 0 radical (unpaired) electrons. The number of aromatic nitrogens is 2. The molecule has 2 aromatic rings. The minimum Gasteiger partial charge on any atom is -0.481 e. The van der Waals surface area contributed by atoms with Gasteiger partial charge in [0.15, 0.2) is 0 Å². The summed E-state index contributed by atoms with van der Waals surface area (Å²) in [5.74, 6) is 1.27. The highest BCUT2D eigenvalue weighted by atomic mass is 32.1. The molecule has 0 saturated heterocycles. The highest BCUT2D eigenvalue weighted by molar-refractivity contribution is 7.11. The van der Waals surface area contributed by atoms with E-state index >= 15 is 0 Å². The van der Waals surface area contributed by atoms with E-state index in [2.05, 4.69) is 24.1 Å². The van der Waals surface area contributed by atoms with Crippen LogP contribution in [0.2, 0.25) is 0 Å². The molecule has 0 aliphatic carbocycles. The van der Waals surface area contributed by atoms with Crippen LogP contribution in [0.1, 0.15) is 35.0 Å². The van der Waals surface area contributed by atoms with E-state index < -0.39 is 0 Å². The standard InChI is InChI=1S/C16H23N3OS/c1-11(2)7-13-14(10-17-3)21-16(19-13)8-12-5-6-15(20-4)18-9-12/h5-6,9,11,17H,7-8,10H2,1-4H3. The van der Waals surface area contributed by atoms with E-state index in [4.69, 9.17) is 9.72 Å². The average molecular weight is 305 g/mol. The van der Waals surface area contributed by atoms with Crippen LogP contribution < -0.4 is 10.1 Å². The van der Waals surface area contributed by atoms with Gasteiger partial charge < -0.3 is 10.1 Å². The number of ether oxygens (including phenoxy) is 1. The summed E-state index contributed by atoms with van der Waals surface area (Å²) in [6, 6.07) is 3.94. The van der Waals surface area contributed by atoms with Gasteiger partial charge in [-0.2, -0.15) is 0 Å². The Kier molecular flexibility index (Phi) is 5.70. The fourth-order valence-corrected chi connectivity index (χ4v) is 3.31. The molecule has 0 spiro atoms. The lowest BCUT2D eigenvalue weighted by atomic mass is 10.1. The highest BCUT2D eigenvalue weighted by Crippen LogP contribution is 2.23. The first-order valence-corrected chi connectivity index (χ1v) is 8.05. The van der Waals surface area contributed by atoms with Crippen LogP contribution in [-0.4, -0.2) is 24.1 Å². The maximum atomic E-state index is 5.09. The zero-order valence-electron chi connectivity index (χ0n) is 13.1. The van der Waals surface area contributed by atoms with E-state index in [-0.39, 0.29) is 0 Å². The number of hydrogen-bond donors (Lipinski definition) is 1. The summed E-state index contributed by atoms with van der Waals surface area (Å²) < 4.78 is 5.09. The molecule has 0 fully saturated rings. The third-order valence-corrected chi connectivity index (χ3v) is 4.22. The minimum absolute atomic E-state index is 0.623. The number of rotatable bonds is 7. The summed E-state index contributed by atoms with van der Waals surface area (Å²) in [4.78, 5) is 10.4. The first-order valence-electron chi connectivity index (χ1n) is 7.23. The van der Waals surface area contributed by atoms with Gasteiger partial charge in [0.05, 0.1) is 17.8 Å². The molecule has 0 aliphatic rings. The van der Waals surface area contributed by atoms with Crippen molar-refractivity contribution in [1.82, 2.24) is 15.3 Å². The lowest BCUT2D eigenvalue weighted by molar-refractivity contribution is 0.397. The van der Waals surface area contributed by atoms with Crippen molar-refractivity contribution in [3.05, 3.63) is 39.5 Å². The van der Waals surface area contributed by atoms with Crippen LogP contribution in [0.15, 0.2) is 18.3 Å². The number of pyridine rings is 1. The normalized spacial score (nSPS) is 11.1.